The number of aliphatic hydroxyl groups is 1. The van der Waals surface area contributed by atoms with Crippen molar-refractivity contribution in [1.29, 1.82) is 0 Å². The van der Waals surface area contributed by atoms with Gasteiger partial charge in [0.05, 0.1) is 0 Å². The maximum atomic E-state index is 12.1. The molecule has 2 unspecified atom stereocenters. The molecule has 4 N–H and O–H groups in total. The first-order chi connectivity index (χ1) is 12.7. The predicted molar refractivity (Wildman–Crippen MR) is 77.8 cm³/mol. The highest BCUT2D eigenvalue weighted by atomic mass is 32.2. The molecule has 2 rings (SSSR count). The Morgan fingerprint density at radius 1 is 0.857 bits per heavy atom. The zero-order valence-corrected chi connectivity index (χ0v) is 14.4. The molecule has 0 aromatic carbocycles. The normalized spacial score (nSPS) is 22.4. The predicted octanol–water partition coefficient (Wildman–Crippen LogP) is -3.34. The topological polar surface area (TPSA) is 233 Å². The van der Waals surface area contributed by atoms with Crippen molar-refractivity contribution in [2.45, 2.75) is 36.3 Å². The van der Waals surface area contributed by atoms with Gasteiger partial charge in [0, 0.05) is 25.7 Å². The van der Waals surface area contributed by atoms with Crippen LogP contribution >= 0.6 is 0 Å². The van der Waals surface area contributed by atoms with Gasteiger partial charge < -0.3 is 15.3 Å². The van der Waals surface area contributed by atoms with Crippen molar-refractivity contribution in [2.75, 3.05) is 0 Å². The van der Waals surface area contributed by atoms with Crippen LogP contribution in [0.4, 0.5) is 0 Å². The van der Waals surface area contributed by atoms with Crippen molar-refractivity contribution in [2.24, 2.45) is 0 Å². The summed E-state index contributed by atoms with van der Waals surface area (Å²) < 4.78 is 32.7. The van der Waals surface area contributed by atoms with E-state index in [9.17, 15) is 57.1 Å². The van der Waals surface area contributed by atoms with Gasteiger partial charge in [-0.2, -0.15) is 8.42 Å². The summed E-state index contributed by atoms with van der Waals surface area (Å²) in [6.45, 7) is 0. The molecule has 0 spiro atoms. The van der Waals surface area contributed by atoms with Crippen LogP contribution in [0.1, 0.15) is 25.7 Å². The van der Waals surface area contributed by atoms with Gasteiger partial charge in [-0.25, -0.2) is 19.3 Å². The van der Waals surface area contributed by atoms with E-state index in [1.807, 2.05) is 0 Å². The molecule has 2 aliphatic rings. The number of hydrogen-bond donors (Lipinski definition) is 4. The van der Waals surface area contributed by atoms with Gasteiger partial charge in [-0.05, 0) is 0 Å². The van der Waals surface area contributed by atoms with Crippen LogP contribution < -0.4 is 0 Å². The Balaban J connectivity index is 2.90. The Labute approximate surface area is 154 Å². The summed E-state index contributed by atoms with van der Waals surface area (Å²) in [6.07, 6.45) is -2.60. The molecule has 2 heterocycles. The first-order valence-corrected chi connectivity index (χ1v) is 8.72. The summed E-state index contributed by atoms with van der Waals surface area (Å²) in [7, 11) is -6.37. The molecule has 28 heavy (non-hydrogen) atoms. The largest absolute Gasteiger partial charge is 0.478 e. The van der Waals surface area contributed by atoms with E-state index in [0.717, 1.165) is 0 Å². The smallest absolute Gasteiger partial charge is 0.365 e. The monoisotopic (exact) mass is 424 g/mol. The van der Waals surface area contributed by atoms with Gasteiger partial charge in [0.2, 0.25) is 11.8 Å². The van der Waals surface area contributed by atoms with E-state index >= 15 is 0 Å². The highest BCUT2D eigenvalue weighted by Gasteiger charge is 2.78. The van der Waals surface area contributed by atoms with Crippen LogP contribution in [0.5, 0.6) is 0 Å². The first-order valence-electron chi connectivity index (χ1n) is 7.28. The van der Waals surface area contributed by atoms with Crippen LogP contribution in [0.2, 0.25) is 0 Å². The van der Waals surface area contributed by atoms with Gasteiger partial charge in [-0.15, -0.1) is 5.06 Å². The first kappa shape index (κ1) is 21.4. The number of amides is 4. The molecule has 16 heteroatoms. The fourth-order valence-electron chi connectivity index (χ4n) is 2.68. The number of hydrogen-bond acceptors (Lipinski definition) is 10. The zero-order chi connectivity index (χ0) is 21.7. The van der Waals surface area contributed by atoms with Crippen LogP contribution in [0.15, 0.2) is 0 Å². The Morgan fingerprint density at radius 3 is 1.57 bits per heavy atom. The second kappa shape index (κ2) is 6.59. The summed E-state index contributed by atoms with van der Waals surface area (Å²) in [5.41, 5.74) is -4.44. The lowest BCUT2D eigenvalue weighted by Crippen LogP contribution is -2.77. The third-order valence-corrected chi connectivity index (χ3v) is 5.21. The Kier molecular flexibility index (Phi) is 5.02. The minimum Gasteiger partial charge on any atom is -0.478 e. The molecule has 0 radical (unpaired) electrons. The number of likely N-dealkylation sites (tertiary alicyclic amines) is 1. The lowest BCUT2D eigenvalue weighted by molar-refractivity contribution is -0.293. The van der Waals surface area contributed by atoms with Crippen molar-refractivity contribution in [1.82, 2.24) is 9.96 Å². The second-order valence-corrected chi connectivity index (χ2v) is 7.21. The van der Waals surface area contributed by atoms with Crippen LogP contribution in [-0.2, 0) is 43.7 Å². The molecule has 2 fully saturated rings. The van der Waals surface area contributed by atoms with E-state index < -0.39 is 86.9 Å². The maximum absolute atomic E-state index is 12.1. The summed E-state index contributed by atoms with van der Waals surface area (Å²) in [4.78, 5) is 70.2. The number of carbonyl (C=O) groups is 6. The van der Waals surface area contributed by atoms with Gasteiger partial charge in [-0.1, -0.05) is 0 Å². The lowest BCUT2D eigenvalue weighted by Gasteiger charge is -2.43. The van der Waals surface area contributed by atoms with Gasteiger partial charge in [0.25, 0.3) is 11.8 Å². The van der Waals surface area contributed by atoms with Crippen molar-refractivity contribution in [3.63, 3.8) is 0 Å². The third-order valence-electron chi connectivity index (χ3n) is 4.01. The summed E-state index contributed by atoms with van der Waals surface area (Å²) in [6, 6.07) is 0. The number of carboxylic acid groups (broad SMARTS) is 2. The molecule has 4 amide bonds. The molecule has 0 aromatic rings. The van der Waals surface area contributed by atoms with Crippen molar-refractivity contribution in [3.05, 3.63) is 0 Å². The average molecular weight is 424 g/mol. The molecule has 154 valence electrons. The van der Waals surface area contributed by atoms with Gasteiger partial charge in [-0.3, -0.25) is 23.7 Å². The van der Waals surface area contributed by atoms with Crippen LogP contribution in [0.3, 0.4) is 0 Å². The van der Waals surface area contributed by atoms with Gasteiger partial charge in [0.15, 0.2) is 0 Å². The quantitative estimate of drug-likeness (QED) is 0.231. The van der Waals surface area contributed by atoms with E-state index in [-0.39, 0.29) is 5.06 Å². The van der Waals surface area contributed by atoms with Crippen LogP contribution in [-0.4, -0.2) is 84.5 Å². The number of rotatable bonds is 7. The average Bonchev–Trinajstić information content (AvgIpc) is 3.06. The molecule has 0 bridgehead atoms. The molecule has 2 aliphatic heterocycles. The minimum absolute atomic E-state index is 0.383. The standard InChI is InChI=1S/C12H12N2O13S/c15-5-1-2-6(16)13(5)11(9(19)20,12(23,10(21)22)28(24,25)26)27-14-7(17)3-4-8(14)18/h23H,1-4H2,(H,19,20)(H,21,22)(H,24,25,26). The molecule has 0 saturated carbocycles. The molecule has 2 saturated heterocycles. The van der Waals surface area contributed by atoms with Crippen molar-refractivity contribution >= 4 is 45.7 Å². The molecule has 0 aliphatic carbocycles. The highest BCUT2D eigenvalue weighted by molar-refractivity contribution is 7.88. The number of nitrogens with zero attached hydrogens (tertiary/aromatic N) is 2. The minimum atomic E-state index is -6.37. The lowest BCUT2D eigenvalue weighted by atomic mass is 10.0. The van der Waals surface area contributed by atoms with E-state index in [2.05, 4.69) is 4.84 Å². The molecular weight excluding hydrogens is 412 g/mol. The molecule has 15 nitrogen and oxygen atoms in total. The molecule has 0 aromatic heterocycles. The third kappa shape index (κ3) is 2.73. The van der Waals surface area contributed by atoms with Crippen molar-refractivity contribution < 1.29 is 61.9 Å². The number of carboxylic acids is 2. The number of carbonyl (C=O) groups excluding carboxylic acids is 4. The zero-order valence-electron chi connectivity index (χ0n) is 13.6. The van der Waals surface area contributed by atoms with Crippen molar-refractivity contribution in [3.8, 4) is 0 Å². The second-order valence-electron chi connectivity index (χ2n) is 5.67. The number of aliphatic carboxylic acids is 2. The highest BCUT2D eigenvalue weighted by Crippen LogP contribution is 2.40. The summed E-state index contributed by atoms with van der Waals surface area (Å²) in [5, 5.41) is 28.7. The SMILES string of the molecule is O=C1CCC(=O)N1OC(C(=O)O)(N1C(=O)CCC1=O)C(O)(C(=O)O)S(=O)(=O)O. The van der Waals surface area contributed by atoms with E-state index in [4.69, 9.17) is 0 Å². The van der Waals surface area contributed by atoms with Crippen LogP contribution in [0, 0.1) is 0 Å². The fraction of sp³-hybridized carbons (Fsp3) is 0.500. The fourth-order valence-corrected chi connectivity index (χ4v) is 3.47. The van der Waals surface area contributed by atoms with E-state index in [1.54, 1.807) is 0 Å². The summed E-state index contributed by atoms with van der Waals surface area (Å²) >= 11 is 0. The van der Waals surface area contributed by atoms with Crippen LogP contribution in [0.25, 0.3) is 0 Å². The Hall–Kier alpha value is -2.95. The Morgan fingerprint density at radius 2 is 1.25 bits per heavy atom. The molecule has 2 atom stereocenters. The van der Waals surface area contributed by atoms with Gasteiger partial charge in [0.1, 0.15) is 0 Å². The number of hydroxylamine groups is 2. The van der Waals surface area contributed by atoms with E-state index in [1.165, 1.54) is 0 Å². The number of imide groups is 2. The van der Waals surface area contributed by atoms with Gasteiger partial charge >= 0.3 is 32.7 Å². The van der Waals surface area contributed by atoms with E-state index in [0.29, 0.717) is 0 Å². The Bertz CT molecular complexity index is 878. The maximum Gasteiger partial charge on any atom is 0.365 e. The summed E-state index contributed by atoms with van der Waals surface area (Å²) in [5.74, 6) is -11.3. The molecular formula is C12H12N2O13S.